The molecule has 1 amide bonds. The Morgan fingerprint density at radius 1 is 0.800 bits per heavy atom. The van der Waals surface area contributed by atoms with Crippen molar-refractivity contribution in [3.05, 3.63) is 75.8 Å². The van der Waals surface area contributed by atoms with Gasteiger partial charge in [-0.15, -0.1) is 0 Å². The van der Waals surface area contributed by atoms with Crippen molar-refractivity contribution in [3.8, 4) is 28.7 Å². The molecule has 3 rings (SSSR count). The highest BCUT2D eigenvalue weighted by Gasteiger charge is 2.19. The van der Waals surface area contributed by atoms with Crippen LogP contribution in [-0.2, 0) is 0 Å². The average Bonchev–Trinajstić information content (AvgIpc) is 2.88. The van der Waals surface area contributed by atoms with Gasteiger partial charge >= 0.3 is 5.97 Å². The smallest absolute Gasteiger partial charge is 0.343 e. The Kier molecular flexibility index (Phi) is 8.69. The molecular formula is C25H23BrN2O7. The molecule has 1 N–H and O–H groups in total. The molecule has 0 aliphatic heterocycles. The lowest BCUT2D eigenvalue weighted by molar-refractivity contribution is 0.0733. The highest BCUT2D eigenvalue weighted by atomic mass is 79.9. The molecule has 0 saturated carbocycles. The maximum Gasteiger partial charge on any atom is 0.343 e. The molecule has 0 unspecified atom stereocenters. The summed E-state index contributed by atoms with van der Waals surface area (Å²) in [6, 6.07) is 14.6. The predicted octanol–water partition coefficient (Wildman–Crippen LogP) is 4.47. The quantitative estimate of drug-likeness (QED) is 0.184. The summed E-state index contributed by atoms with van der Waals surface area (Å²) in [5, 5.41) is 4.00. The number of methoxy groups -OCH3 is 4. The first kappa shape index (κ1) is 25.6. The van der Waals surface area contributed by atoms with Crippen molar-refractivity contribution in [3.63, 3.8) is 0 Å². The van der Waals surface area contributed by atoms with E-state index in [1.807, 2.05) is 0 Å². The van der Waals surface area contributed by atoms with Gasteiger partial charge in [0.05, 0.1) is 40.2 Å². The Bertz CT molecular complexity index is 1220. The number of amides is 1. The summed E-state index contributed by atoms with van der Waals surface area (Å²) in [5.74, 6) is 0.802. The highest BCUT2D eigenvalue weighted by molar-refractivity contribution is 9.10. The number of carbonyl (C=O) groups excluding carboxylic acids is 2. The maximum atomic E-state index is 12.9. The minimum absolute atomic E-state index is 0.193. The van der Waals surface area contributed by atoms with Crippen molar-refractivity contribution in [1.29, 1.82) is 0 Å². The van der Waals surface area contributed by atoms with Crippen LogP contribution >= 0.6 is 15.9 Å². The number of halogens is 1. The summed E-state index contributed by atoms with van der Waals surface area (Å²) in [5.41, 5.74) is 3.50. The van der Waals surface area contributed by atoms with Crippen LogP contribution < -0.4 is 29.1 Å². The van der Waals surface area contributed by atoms with Crippen LogP contribution in [0.1, 0.15) is 26.3 Å². The fourth-order valence-corrected chi connectivity index (χ4v) is 3.42. The molecule has 3 aromatic carbocycles. The van der Waals surface area contributed by atoms with Crippen LogP contribution in [0.4, 0.5) is 0 Å². The molecular weight excluding hydrogens is 520 g/mol. The molecule has 0 radical (unpaired) electrons. The van der Waals surface area contributed by atoms with Crippen LogP contribution in [0.5, 0.6) is 28.7 Å². The summed E-state index contributed by atoms with van der Waals surface area (Å²) in [6.07, 6.45) is 1.38. The number of nitrogens with zero attached hydrogens (tertiary/aromatic N) is 1. The van der Waals surface area contributed by atoms with E-state index in [0.717, 1.165) is 4.47 Å². The van der Waals surface area contributed by atoms with Crippen LogP contribution in [0.25, 0.3) is 0 Å². The zero-order chi connectivity index (χ0) is 25.4. The van der Waals surface area contributed by atoms with Gasteiger partial charge in [-0.3, -0.25) is 4.79 Å². The monoisotopic (exact) mass is 542 g/mol. The van der Waals surface area contributed by atoms with Crippen LogP contribution in [0.2, 0.25) is 0 Å². The van der Waals surface area contributed by atoms with E-state index in [0.29, 0.717) is 34.1 Å². The van der Waals surface area contributed by atoms with Crippen molar-refractivity contribution in [2.24, 2.45) is 5.10 Å². The number of hydrogen-bond acceptors (Lipinski definition) is 8. The van der Waals surface area contributed by atoms with Gasteiger partial charge in [-0.1, -0.05) is 15.9 Å². The Labute approximate surface area is 210 Å². The molecule has 182 valence electrons. The van der Waals surface area contributed by atoms with Gasteiger partial charge < -0.3 is 23.7 Å². The maximum absolute atomic E-state index is 12.9. The van der Waals surface area contributed by atoms with Crippen molar-refractivity contribution in [1.82, 2.24) is 5.43 Å². The fraction of sp³-hybridized carbons (Fsp3) is 0.160. The summed E-state index contributed by atoms with van der Waals surface area (Å²) >= 11 is 3.38. The van der Waals surface area contributed by atoms with Crippen LogP contribution in [0.15, 0.2) is 64.2 Å². The second kappa shape index (κ2) is 11.9. The first-order valence-electron chi connectivity index (χ1n) is 10.2. The molecule has 10 heteroatoms. The number of esters is 1. The largest absolute Gasteiger partial charge is 0.497 e. The number of carbonyl (C=O) groups is 2. The normalized spacial score (nSPS) is 10.5. The van der Waals surface area contributed by atoms with Gasteiger partial charge in [0.15, 0.2) is 11.5 Å². The van der Waals surface area contributed by atoms with Crippen molar-refractivity contribution >= 4 is 34.0 Å². The first-order chi connectivity index (χ1) is 16.9. The second-order valence-electron chi connectivity index (χ2n) is 6.91. The Morgan fingerprint density at radius 2 is 1.46 bits per heavy atom. The van der Waals surface area contributed by atoms with Crippen LogP contribution in [-0.4, -0.2) is 46.5 Å². The molecule has 35 heavy (non-hydrogen) atoms. The number of rotatable bonds is 9. The number of hydrazone groups is 1. The third-order valence-corrected chi connectivity index (χ3v) is 5.29. The molecule has 0 atom stereocenters. The SMILES string of the molecule is COc1ccc(C(=O)NN=Cc2cc(Br)ccc2OC(=O)c2cc(OC)c(OC)c(OC)c2)cc1. The van der Waals surface area contributed by atoms with E-state index < -0.39 is 11.9 Å². The fourth-order valence-electron chi connectivity index (χ4n) is 3.04. The number of benzene rings is 3. The minimum Gasteiger partial charge on any atom is -0.497 e. The lowest BCUT2D eigenvalue weighted by atomic mass is 10.1. The van der Waals surface area contributed by atoms with Crippen molar-refractivity contribution in [2.75, 3.05) is 28.4 Å². The molecule has 0 saturated heterocycles. The van der Waals surface area contributed by atoms with E-state index in [-0.39, 0.29) is 11.3 Å². The standard InChI is InChI=1S/C25H23BrN2O7/c1-31-19-8-5-15(6-9-19)24(29)28-27-14-17-11-18(26)7-10-20(17)35-25(30)16-12-21(32-2)23(34-4)22(13-16)33-3/h5-14H,1-4H3,(H,28,29). The Hall–Kier alpha value is -4.05. The molecule has 0 aliphatic rings. The van der Waals surface area contributed by atoms with Crippen LogP contribution in [0.3, 0.4) is 0 Å². The third-order valence-electron chi connectivity index (χ3n) is 4.80. The van der Waals surface area contributed by atoms with E-state index in [9.17, 15) is 9.59 Å². The van der Waals surface area contributed by atoms with Gasteiger partial charge in [0, 0.05) is 15.6 Å². The van der Waals surface area contributed by atoms with Crippen LogP contribution in [0, 0.1) is 0 Å². The number of ether oxygens (including phenoxy) is 5. The third kappa shape index (κ3) is 6.30. The van der Waals surface area contributed by atoms with Crippen molar-refractivity contribution in [2.45, 2.75) is 0 Å². The molecule has 9 nitrogen and oxygen atoms in total. The summed E-state index contributed by atoms with van der Waals surface area (Å²) in [7, 11) is 5.93. The van der Waals surface area contributed by atoms with E-state index in [1.165, 1.54) is 39.7 Å². The Morgan fingerprint density at radius 3 is 2.03 bits per heavy atom. The van der Waals surface area contributed by atoms with Gasteiger partial charge in [-0.25, -0.2) is 10.2 Å². The van der Waals surface area contributed by atoms with Gasteiger partial charge in [0.2, 0.25) is 5.75 Å². The lowest BCUT2D eigenvalue weighted by Gasteiger charge is -2.14. The van der Waals surface area contributed by atoms with E-state index in [2.05, 4.69) is 26.5 Å². The van der Waals surface area contributed by atoms with Crippen molar-refractivity contribution < 1.29 is 33.3 Å². The van der Waals surface area contributed by atoms with Gasteiger partial charge in [0.25, 0.3) is 5.91 Å². The van der Waals surface area contributed by atoms with E-state index >= 15 is 0 Å². The molecule has 0 spiro atoms. The highest BCUT2D eigenvalue weighted by Crippen LogP contribution is 2.38. The zero-order valence-electron chi connectivity index (χ0n) is 19.5. The topological polar surface area (TPSA) is 105 Å². The minimum atomic E-state index is -0.650. The summed E-state index contributed by atoms with van der Waals surface area (Å²) in [4.78, 5) is 25.2. The van der Waals surface area contributed by atoms with Gasteiger partial charge in [0.1, 0.15) is 11.5 Å². The Balaban J connectivity index is 1.79. The molecule has 0 aromatic heterocycles. The molecule has 0 aliphatic carbocycles. The molecule has 0 fully saturated rings. The van der Waals surface area contributed by atoms with E-state index in [1.54, 1.807) is 49.6 Å². The van der Waals surface area contributed by atoms with E-state index in [4.69, 9.17) is 23.7 Å². The lowest BCUT2D eigenvalue weighted by Crippen LogP contribution is -2.17. The summed E-state index contributed by atoms with van der Waals surface area (Å²) in [6.45, 7) is 0. The predicted molar refractivity (Wildman–Crippen MR) is 133 cm³/mol. The zero-order valence-corrected chi connectivity index (χ0v) is 21.0. The van der Waals surface area contributed by atoms with Gasteiger partial charge in [-0.2, -0.15) is 5.10 Å². The van der Waals surface area contributed by atoms with Gasteiger partial charge in [-0.05, 0) is 54.6 Å². The number of hydrogen-bond donors (Lipinski definition) is 1. The molecule has 0 bridgehead atoms. The summed E-state index contributed by atoms with van der Waals surface area (Å²) < 4.78 is 27.3. The second-order valence-corrected chi connectivity index (χ2v) is 7.83. The average molecular weight is 543 g/mol. The molecule has 3 aromatic rings. The first-order valence-corrected chi connectivity index (χ1v) is 11.0. The molecule has 0 heterocycles. The number of nitrogens with one attached hydrogen (secondary N) is 1.